The fraction of sp³-hybridized carbons (Fsp3) is 0.714. The summed E-state index contributed by atoms with van der Waals surface area (Å²) in [6, 6.07) is 0. The lowest BCUT2D eigenvalue weighted by Gasteiger charge is -2.15. The monoisotopic (exact) mass is 196 g/mol. The van der Waals surface area contributed by atoms with Crippen molar-refractivity contribution in [3.05, 3.63) is 12.3 Å². The Hall–Kier alpha value is 0.0800. The van der Waals surface area contributed by atoms with Crippen LogP contribution in [-0.4, -0.2) is 24.2 Å². The Bertz CT molecular complexity index is 149. The van der Waals surface area contributed by atoms with Gasteiger partial charge in [-0.3, -0.25) is 0 Å². The summed E-state index contributed by atoms with van der Waals surface area (Å²) in [6.45, 7) is 4.23. The van der Waals surface area contributed by atoms with Crippen molar-refractivity contribution in [3.8, 4) is 0 Å². The standard InChI is InChI=1S/C7H10Cl2O2/c1-5(4-8)11-7-6(9)2-3-10-7/h6-7H,1-4H2. The Morgan fingerprint density at radius 3 is 2.91 bits per heavy atom. The summed E-state index contributed by atoms with van der Waals surface area (Å²) in [5, 5.41) is -0.0741. The maximum absolute atomic E-state index is 5.85. The van der Waals surface area contributed by atoms with E-state index in [-0.39, 0.29) is 17.5 Å². The minimum absolute atomic E-state index is 0.0741. The van der Waals surface area contributed by atoms with E-state index >= 15 is 0 Å². The van der Waals surface area contributed by atoms with Crippen LogP contribution in [0.5, 0.6) is 0 Å². The second-order valence-electron chi connectivity index (χ2n) is 2.33. The first-order valence-corrected chi connectivity index (χ1v) is 4.37. The summed E-state index contributed by atoms with van der Waals surface area (Å²) in [6.07, 6.45) is 0.463. The molecule has 0 N–H and O–H groups in total. The third-order valence-corrected chi connectivity index (χ3v) is 2.12. The first-order valence-electron chi connectivity index (χ1n) is 3.40. The molecule has 0 bridgehead atoms. The number of allylic oxidation sites excluding steroid dienone is 1. The molecule has 1 heterocycles. The number of ether oxygens (including phenoxy) is 2. The molecule has 2 atom stereocenters. The van der Waals surface area contributed by atoms with Gasteiger partial charge < -0.3 is 9.47 Å². The van der Waals surface area contributed by atoms with Gasteiger partial charge in [0, 0.05) is 0 Å². The van der Waals surface area contributed by atoms with Gasteiger partial charge in [-0.1, -0.05) is 6.58 Å². The third-order valence-electron chi connectivity index (χ3n) is 1.40. The molecule has 1 fully saturated rings. The topological polar surface area (TPSA) is 18.5 Å². The van der Waals surface area contributed by atoms with Gasteiger partial charge in [0.15, 0.2) is 0 Å². The molecular weight excluding hydrogens is 187 g/mol. The molecule has 0 saturated carbocycles. The van der Waals surface area contributed by atoms with Crippen LogP contribution in [0.3, 0.4) is 0 Å². The zero-order valence-electron chi connectivity index (χ0n) is 6.06. The zero-order chi connectivity index (χ0) is 8.27. The molecule has 0 aromatic heterocycles. The van der Waals surface area contributed by atoms with Gasteiger partial charge in [0.25, 0.3) is 0 Å². The lowest BCUT2D eigenvalue weighted by molar-refractivity contribution is -0.0770. The van der Waals surface area contributed by atoms with Crippen LogP contribution in [0, 0.1) is 0 Å². The molecule has 4 heteroatoms. The minimum atomic E-state index is -0.358. The van der Waals surface area contributed by atoms with Gasteiger partial charge in [0.1, 0.15) is 5.76 Å². The molecule has 0 amide bonds. The Morgan fingerprint density at radius 2 is 2.45 bits per heavy atom. The van der Waals surface area contributed by atoms with Gasteiger partial charge in [0.05, 0.1) is 17.9 Å². The Balaban J connectivity index is 2.30. The summed E-state index contributed by atoms with van der Waals surface area (Å²) in [5.41, 5.74) is 0. The van der Waals surface area contributed by atoms with Crippen LogP contribution in [0.15, 0.2) is 12.3 Å². The van der Waals surface area contributed by atoms with Crippen LogP contribution in [0.25, 0.3) is 0 Å². The van der Waals surface area contributed by atoms with Crippen LogP contribution >= 0.6 is 23.2 Å². The van der Waals surface area contributed by atoms with Crippen LogP contribution in [-0.2, 0) is 9.47 Å². The number of rotatable bonds is 3. The minimum Gasteiger partial charge on any atom is -0.467 e. The van der Waals surface area contributed by atoms with E-state index < -0.39 is 0 Å². The van der Waals surface area contributed by atoms with Gasteiger partial charge in [0.2, 0.25) is 6.29 Å². The maximum atomic E-state index is 5.85. The van der Waals surface area contributed by atoms with Gasteiger partial charge in [-0.25, -0.2) is 0 Å². The number of alkyl halides is 2. The van der Waals surface area contributed by atoms with Crippen molar-refractivity contribution >= 4 is 23.2 Å². The molecule has 11 heavy (non-hydrogen) atoms. The van der Waals surface area contributed by atoms with Crippen molar-refractivity contribution in [2.75, 3.05) is 12.5 Å². The molecule has 64 valence electrons. The van der Waals surface area contributed by atoms with Crippen LogP contribution in [0.2, 0.25) is 0 Å². The molecule has 0 aliphatic carbocycles. The number of halogens is 2. The largest absolute Gasteiger partial charge is 0.467 e. The molecule has 1 saturated heterocycles. The van der Waals surface area contributed by atoms with Crippen molar-refractivity contribution in [1.82, 2.24) is 0 Å². The van der Waals surface area contributed by atoms with E-state index in [0.717, 1.165) is 6.42 Å². The van der Waals surface area contributed by atoms with E-state index in [0.29, 0.717) is 12.4 Å². The van der Waals surface area contributed by atoms with Gasteiger partial charge in [-0.15, -0.1) is 23.2 Å². The summed E-state index contributed by atoms with van der Waals surface area (Å²) in [7, 11) is 0. The number of hydrogen-bond acceptors (Lipinski definition) is 2. The quantitative estimate of drug-likeness (QED) is 0.509. The van der Waals surface area contributed by atoms with Crippen molar-refractivity contribution in [1.29, 1.82) is 0 Å². The molecule has 0 aromatic carbocycles. The maximum Gasteiger partial charge on any atom is 0.216 e. The molecule has 1 aliphatic heterocycles. The first kappa shape index (κ1) is 9.17. The Kier molecular flexibility index (Phi) is 3.49. The molecule has 0 aromatic rings. The van der Waals surface area contributed by atoms with Crippen molar-refractivity contribution < 1.29 is 9.47 Å². The summed E-state index contributed by atoms with van der Waals surface area (Å²) in [4.78, 5) is 0. The van der Waals surface area contributed by atoms with Crippen molar-refractivity contribution in [2.45, 2.75) is 18.1 Å². The molecule has 1 aliphatic rings. The van der Waals surface area contributed by atoms with Gasteiger partial charge in [-0.05, 0) is 6.42 Å². The van der Waals surface area contributed by atoms with Gasteiger partial charge >= 0.3 is 0 Å². The highest BCUT2D eigenvalue weighted by molar-refractivity contribution is 6.21. The van der Waals surface area contributed by atoms with E-state index in [9.17, 15) is 0 Å². The smallest absolute Gasteiger partial charge is 0.216 e. The van der Waals surface area contributed by atoms with E-state index in [2.05, 4.69) is 6.58 Å². The highest BCUT2D eigenvalue weighted by Crippen LogP contribution is 2.22. The highest BCUT2D eigenvalue weighted by Gasteiger charge is 2.27. The van der Waals surface area contributed by atoms with E-state index in [1.54, 1.807) is 0 Å². The van der Waals surface area contributed by atoms with Crippen LogP contribution < -0.4 is 0 Å². The SMILES string of the molecule is C=C(CCl)OC1OCCC1Cl. The fourth-order valence-corrected chi connectivity index (χ4v) is 1.12. The third kappa shape index (κ3) is 2.55. The fourth-order valence-electron chi connectivity index (χ4n) is 0.841. The molecule has 2 unspecified atom stereocenters. The van der Waals surface area contributed by atoms with E-state index in [4.69, 9.17) is 32.7 Å². The summed E-state index contributed by atoms with van der Waals surface area (Å²) < 4.78 is 10.4. The Morgan fingerprint density at radius 1 is 1.73 bits per heavy atom. The first-order chi connectivity index (χ1) is 5.24. The normalized spacial score (nSPS) is 30.4. The molecular formula is C7H10Cl2O2. The van der Waals surface area contributed by atoms with Crippen molar-refractivity contribution in [3.63, 3.8) is 0 Å². The van der Waals surface area contributed by atoms with E-state index in [1.165, 1.54) is 0 Å². The zero-order valence-corrected chi connectivity index (χ0v) is 7.57. The van der Waals surface area contributed by atoms with E-state index in [1.807, 2.05) is 0 Å². The predicted molar refractivity (Wildman–Crippen MR) is 44.9 cm³/mol. The number of hydrogen-bond donors (Lipinski definition) is 0. The lowest BCUT2D eigenvalue weighted by atomic mass is 10.3. The lowest BCUT2D eigenvalue weighted by Crippen LogP contribution is -2.19. The molecule has 0 radical (unpaired) electrons. The Labute approximate surface area is 76.1 Å². The van der Waals surface area contributed by atoms with Crippen molar-refractivity contribution in [2.24, 2.45) is 0 Å². The predicted octanol–water partition coefficient (Wildman–Crippen LogP) is 2.11. The van der Waals surface area contributed by atoms with Gasteiger partial charge in [-0.2, -0.15) is 0 Å². The average Bonchev–Trinajstić information content (AvgIpc) is 2.37. The van der Waals surface area contributed by atoms with Crippen LogP contribution in [0.1, 0.15) is 6.42 Å². The average molecular weight is 197 g/mol. The summed E-state index contributed by atoms with van der Waals surface area (Å²) in [5.74, 6) is 0.785. The van der Waals surface area contributed by atoms with Crippen LogP contribution in [0.4, 0.5) is 0 Å². The second-order valence-corrected chi connectivity index (χ2v) is 3.16. The highest BCUT2D eigenvalue weighted by atomic mass is 35.5. The molecule has 0 spiro atoms. The second kappa shape index (κ2) is 4.19. The summed E-state index contributed by atoms with van der Waals surface area (Å²) >= 11 is 11.3. The molecule has 1 rings (SSSR count). The molecule has 2 nitrogen and oxygen atoms in total.